The molecule has 1 amide bonds. The standard InChI is InChI=1S/C14H21FN4O3S/c15-12-3-5-13(6-4-12)18-14(20)10-19-7-1-2-11(9-19)8-17-23(16,21)22/h3-6,11,17H,1-2,7-10H2,(H,18,20)(H2,16,21,22)/t11-/m1/s1. The number of halogens is 1. The Bertz CT molecular complexity index is 636. The van der Waals surface area contributed by atoms with Crippen LogP contribution in [0.3, 0.4) is 0 Å². The van der Waals surface area contributed by atoms with E-state index in [4.69, 9.17) is 5.14 Å². The number of nitrogens with two attached hydrogens (primary N) is 1. The predicted octanol–water partition coefficient (Wildman–Crippen LogP) is 0.269. The molecule has 1 heterocycles. The van der Waals surface area contributed by atoms with E-state index in [-0.39, 0.29) is 30.7 Å². The topological polar surface area (TPSA) is 105 Å². The summed E-state index contributed by atoms with van der Waals surface area (Å²) in [4.78, 5) is 14.0. The number of amides is 1. The lowest BCUT2D eigenvalue weighted by Gasteiger charge is -2.32. The fourth-order valence-corrected chi connectivity index (χ4v) is 3.10. The van der Waals surface area contributed by atoms with Gasteiger partial charge in [0.25, 0.3) is 10.2 Å². The number of rotatable bonds is 6. The molecule has 9 heteroatoms. The molecule has 1 fully saturated rings. The smallest absolute Gasteiger partial charge is 0.274 e. The lowest BCUT2D eigenvalue weighted by Crippen LogP contribution is -2.44. The Morgan fingerprint density at radius 2 is 2.04 bits per heavy atom. The van der Waals surface area contributed by atoms with E-state index in [2.05, 4.69) is 10.0 Å². The fraction of sp³-hybridized carbons (Fsp3) is 0.500. The molecule has 0 aromatic heterocycles. The van der Waals surface area contributed by atoms with Gasteiger partial charge in [0.15, 0.2) is 0 Å². The molecule has 23 heavy (non-hydrogen) atoms. The minimum absolute atomic E-state index is 0.126. The summed E-state index contributed by atoms with van der Waals surface area (Å²) in [5.41, 5.74) is 0.542. The highest BCUT2D eigenvalue weighted by Gasteiger charge is 2.22. The van der Waals surface area contributed by atoms with Gasteiger partial charge in [0.1, 0.15) is 5.82 Å². The Balaban J connectivity index is 1.80. The van der Waals surface area contributed by atoms with Gasteiger partial charge in [-0.2, -0.15) is 8.42 Å². The normalized spacial score (nSPS) is 19.5. The molecule has 0 spiro atoms. The van der Waals surface area contributed by atoms with Gasteiger partial charge in [-0.05, 0) is 49.6 Å². The average molecular weight is 344 g/mol. The highest BCUT2D eigenvalue weighted by atomic mass is 32.2. The van der Waals surface area contributed by atoms with Crippen LogP contribution in [-0.2, 0) is 15.0 Å². The number of anilines is 1. The third kappa shape index (κ3) is 6.61. The van der Waals surface area contributed by atoms with E-state index < -0.39 is 10.2 Å². The average Bonchev–Trinajstić information content (AvgIpc) is 2.47. The first-order valence-corrected chi connectivity index (χ1v) is 8.91. The SMILES string of the molecule is NS(=O)(=O)NC[C@H]1CCCN(CC(=O)Nc2ccc(F)cc2)C1. The van der Waals surface area contributed by atoms with Crippen LogP contribution in [0.15, 0.2) is 24.3 Å². The molecule has 128 valence electrons. The first kappa shape index (κ1) is 17.8. The van der Waals surface area contributed by atoms with Gasteiger partial charge in [-0.25, -0.2) is 14.3 Å². The van der Waals surface area contributed by atoms with Crippen LogP contribution in [0.2, 0.25) is 0 Å². The van der Waals surface area contributed by atoms with E-state index in [9.17, 15) is 17.6 Å². The molecule has 4 N–H and O–H groups in total. The van der Waals surface area contributed by atoms with Crippen LogP contribution in [-0.4, -0.2) is 45.4 Å². The molecule has 1 aromatic carbocycles. The van der Waals surface area contributed by atoms with Crippen molar-refractivity contribution in [2.45, 2.75) is 12.8 Å². The second kappa shape index (κ2) is 7.82. The maximum atomic E-state index is 12.8. The van der Waals surface area contributed by atoms with Gasteiger partial charge in [-0.1, -0.05) is 0 Å². The second-order valence-electron chi connectivity index (χ2n) is 5.69. The Labute approximate surface area is 135 Å². The Morgan fingerprint density at radius 3 is 2.70 bits per heavy atom. The Hall–Kier alpha value is -1.55. The van der Waals surface area contributed by atoms with Crippen molar-refractivity contribution in [3.05, 3.63) is 30.1 Å². The summed E-state index contributed by atoms with van der Waals surface area (Å²) in [7, 11) is -3.69. The number of carbonyl (C=O) groups is 1. The van der Waals surface area contributed by atoms with Crippen molar-refractivity contribution >= 4 is 21.8 Å². The van der Waals surface area contributed by atoms with Crippen LogP contribution in [0.25, 0.3) is 0 Å². The van der Waals surface area contributed by atoms with Crippen LogP contribution < -0.4 is 15.2 Å². The Morgan fingerprint density at radius 1 is 1.35 bits per heavy atom. The van der Waals surface area contributed by atoms with Crippen molar-refractivity contribution in [3.63, 3.8) is 0 Å². The molecule has 1 aliphatic heterocycles. The number of carbonyl (C=O) groups excluding carboxylic acids is 1. The van der Waals surface area contributed by atoms with Crippen LogP contribution in [0, 0.1) is 11.7 Å². The number of likely N-dealkylation sites (tertiary alicyclic amines) is 1. The quantitative estimate of drug-likeness (QED) is 0.689. The van der Waals surface area contributed by atoms with Crippen LogP contribution >= 0.6 is 0 Å². The Kier molecular flexibility index (Phi) is 6.05. The van der Waals surface area contributed by atoms with Gasteiger partial charge in [0.05, 0.1) is 6.54 Å². The predicted molar refractivity (Wildman–Crippen MR) is 85.3 cm³/mol. The molecule has 1 aromatic rings. The number of nitrogens with zero attached hydrogens (tertiary/aromatic N) is 1. The number of piperidine rings is 1. The van der Waals surface area contributed by atoms with E-state index in [1.165, 1.54) is 24.3 Å². The molecule has 2 rings (SSSR count). The van der Waals surface area contributed by atoms with E-state index >= 15 is 0 Å². The van der Waals surface area contributed by atoms with Crippen molar-refractivity contribution in [3.8, 4) is 0 Å². The number of nitrogens with one attached hydrogen (secondary N) is 2. The molecular weight excluding hydrogens is 323 g/mol. The third-order valence-electron chi connectivity index (χ3n) is 3.67. The first-order valence-electron chi connectivity index (χ1n) is 7.37. The molecule has 0 unspecified atom stereocenters. The van der Waals surface area contributed by atoms with E-state index in [1.54, 1.807) is 0 Å². The zero-order valence-electron chi connectivity index (χ0n) is 12.7. The van der Waals surface area contributed by atoms with Gasteiger partial charge in [0.2, 0.25) is 5.91 Å². The van der Waals surface area contributed by atoms with Gasteiger partial charge in [0, 0.05) is 18.8 Å². The second-order valence-corrected chi connectivity index (χ2v) is 7.07. The van der Waals surface area contributed by atoms with Crippen LogP contribution in [0.4, 0.5) is 10.1 Å². The van der Waals surface area contributed by atoms with Gasteiger partial charge >= 0.3 is 0 Å². The van der Waals surface area contributed by atoms with Crippen molar-refractivity contribution < 1.29 is 17.6 Å². The van der Waals surface area contributed by atoms with Crippen LogP contribution in [0.5, 0.6) is 0 Å². The maximum Gasteiger partial charge on any atom is 0.274 e. The lowest BCUT2D eigenvalue weighted by molar-refractivity contribution is -0.117. The molecule has 0 saturated carbocycles. The highest BCUT2D eigenvalue weighted by Crippen LogP contribution is 2.16. The summed E-state index contributed by atoms with van der Waals surface area (Å²) in [6.07, 6.45) is 1.78. The molecule has 0 radical (unpaired) electrons. The minimum Gasteiger partial charge on any atom is -0.325 e. The van der Waals surface area contributed by atoms with E-state index in [1.807, 2.05) is 4.90 Å². The number of hydrogen-bond donors (Lipinski definition) is 3. The van der Waals surface area contributed by atoms with Crippen molar-refractivity contribution in [2.75, 3.05) is 31.5 Å². The zero-order valence-corrected chi connectivity index (χ0v) is 13.5. The molecular formula is C14H21FN4O3S. The van der Waals surface area contributed by atoms with Gasteiger partial charge in [-0.3, -0.25) is 9.69 Å². The summed E-state index contributed by atoms with van der Waals surface area (Å²) in [5.74, 6) is -0.415. The molecule has 1 atom stereocenters. The molecule has 0 bridgehead atoms. The third-order valence-corrected chi connectivity index (χ3v) is 4.24. The molecule has 7 nitrogen and oxygen atoms in total. The number of hydrogen-bond acceptors (Lipinski definition) is 4. The summed E-state index contributed by atoms with van der Waals surface area (Å²) in [6, 6.07) is 5.57. The largest absolute Gasteiger partial charge is 0.325 e. The number of benzene rings is 1. The van der Waals surface area contributed by atoms with E-state index in [0.717, 1.165) is 19.4 Å². The lowest BCUT2D eigenvalue weighted by atomic mass is 9.98. The summed E-state index contributed by atoms with van der Waals surface area (Å²) in [6.45, 7) is 1.89. The minimum atomic E-state index is -3.69. The monoisotopic (exact) mass is 344 g/mol. The first-order chi connectivity index (χ1) is 10.8. The summed E-state index contributed by atoms with van der Waals surface area (Å²) in [5, 5.41) is 7.63. The zero-order chi connectivity index (χ0) is 16.9. The highest BCUT2D eigenvalue weighted by molar-refractivity contribution is 7.87. The summed E-state index contributed by atoms with van der Waals surface area (Å²) >= 11 is 0. The van der Waals surface area contributed by atoms with Crippen molar-refractivity contribution in [2.24, 2.45) is 11.1 Å². The van der Waals surface area contributed by atoms with Crippen molar-refractivity contribution in [1.82, 2.24) is 9.62 Å². The molecule has 1 saturated heterocycles. The van der Waals surface area contributed by atoms with Gasteiger partial charge in [-0.15, -0.1) is 0 Å². The van der Waals surface area contributed by atoms with Crippen LogP contribution in [0.1, 0.15) is 12.8 Å². The maximum absolute atomic E-state index is 12.8. The summed E-state index contributed by atoms with van der Waals surface area (Å²) < 4.78 is 37.0. The fourth-order valence-electron chi connectivity index (χ4n) is 2.63. The van der Waals surface area contributed by atoms with E-state index in [0.29, 0.717) is 12.2 Å². The molecule has 0 aliphatic carbocycles. The van der Waals surface area contributed by atoms with Crippen molar-refractivity contribution in [1.29, 1.82) is 0 Å². The molecule has 1 aliphatic rings. The van der Waals surface area contributed by atoms with Gasteiger partial charge < -0.3 is 5.32 Å².